The molecule has 0 saturated carbocycles. The van der Waals surface area contributed by atoms with E-state index in [4.69, 9.17) is 0 Å². The maximum atomic E-state index is 11.3. The number of hydrogen-bond acceptors (Lipinski definition) is 2. The number of hydrogen-bond donors (Lipinski definition) is 0. The minimum atomic E-state index is 0.629. The molecular weight excluding hydrogens is 861 g/mol. The lowest BCUT2D eigenvalue weighted by atomic mass is 9.91. The lowest BCUT2D eigenvalue weighted by Crippen LogP contribution is -2.09. The Hall–Kier alpha value is -9.69. The van der Waals surface area contributed by atoms with E-state index in [2.05, 4.69) is 287 Å². The summed E-state index contributed by atoms with van der Waals surface area (Å²) in [5.74, 6) is 0. The van der Waals surface area contributed by atoms with Crippen LogP contribution in [0.5, 0.6) is 0 Å². The van der Waals surface area contributed by atoms with Crippen LogP contribution in [-0.4, -0.2) is 9.13 Å². The van der Waals surface area contributed by atoms with Crippen molar-refractivity contribution in [3.05, 3.63) is 272 Å². The summed E-state index contributed by atoms with van der Waals surface area (Å²) in [4.78, 5) is 2.31. The molecule has 0 unspecified atom stereocenters. The lowest BCUT2D eigenvalue weighted by molar-refractivity contribution is 1.18. The van der Waals surface area contributed by atoms with Gasteiger partial charge < -0.3 is 14.0 Å². The van der Waals surface area contributed by atoms with Gasteiger partial charge in [0.05, 0.1) is 33.3 Å². The van der Waals surface area contributed by atoms with Gasteiger partial charge in [0.15, 0.2) is 0 Å². The zero-order valence-electron chi connectivity index (χ0n) is 38.7. The Morgan fingerprint density at radius 1 is 0.296 bits per heavy atom. The Morgan fingerprint density at radius 3 is 1.42 bits per heavy atom. The van der Waals surface area contributed by atoms with E-state index in [9.17, 15) is 5.26 Å². The summed E-state index contributed by atoms with van der Waals surface area (Å²) < 4.78 is 4.73. The summed E-state index contributed by atoms with van der Waals surface area (Å²) in [6, 6.07) is 97.4. The first-order valence-electron chi connectivity index (χ1n) is 24.1. The van der Waals surface area contributed by atoms with E-state index in [0.29, 0.717) is 5.56 Å². The van der Waals surface area contributed by atoms with E-state index in [1.807, 2.05) is 0 Å². The molecule has 11 aromatic carbocycles. The van der Waals surface area contributed by atoms with Crippen molar-refractivity contribution in [2.24, 2.45) is 0 Å². The minimum absolute atomic E-state index is 0.629. The molecule has 2 aromatic heterocycles. The lowest BCUT2D eigenvalue weighted by Gasteiger charge is -2.25. The van der Waals surface area contributed by atoms with Crippen LogP contribution in [0.15, 0.2) is 267 Å². The molecule has 13 rings (SSSR count). The Balaban J connectivity index is 0.945. The molecule has 0 atom stereocenters. The number of aromatic nitrogens is 2. The highest BCUT2D eigenvalue weighted by Crippen LogP contribution is 2.43. The van der Waals surface area contributed by atoms with Crippen LogP contribution in [0.4, 0.5) is 17.1 Å². The second kappa shape index (κ2) is 17.4. The molecule has 0 aliphatic carbocycles. The summed E-state index contributed by atoms with van der Waals surface area (Å²) >= 11 is 0. The normalized spacial score (nSPS) is 11.4. The van der Waals surface area contributed by atoms with Crippen LogP contribution in [-0.2, 0) is 0 Å². The summed E-state index contributed by atoms with van der Waals surface area (Å²) in [7, 11) is 0. The van der Waals surface area contributed by atoms with E-state index in [-0.39, 0.29) is 0 Å². The van der Waals surface area contributed by atoms with Gasteiger partial charge in [-0.2, -0.15) is 5.26 Å². The number of rotatable bonds is 9. The van der Waals surface area contributed by atoms with Gasteiger partial charge in [-0.15, -0.1) is 0 Å². The van der Waals surface area contributed by atoms with Crippen molar-refractivity contribution in [1.29, 1.82) is 5.26 Å². The Morgan fingerprint density at radius 2 is 0.775 bits per heavy atom. The Kier molecular flexibility index (Phi) is 10.2. The van der Waals surface area contributed by atoms with Crippen molar-refractivity contribution in [3.63, 3.8) is 0 Å². The summed E-state index contributed by atoms with van der Waals surface area (Å²) in [5, 5.41) is 15.9. The first-order chi connectivity index (χ1) is 35.2. The fourth-order valence-corrected chi connectivity index (χ4v) is 10.7. The molecule has 0 saturated heterocycles. The molecule has 71 heavy (non-hydrogen) atoms. The van der Waals surface area contributed by atoms with Crippen molar-refractivity contribution in [2.75, 3.05) is 4.90 Å². The van der Waals surface area contributed by atoms with Crippen LogP contribution >= 0.6 is 0 Å². The molecule has 2 heterocycles. The van der Waals surface area contributed by atoms with Gasteiger partial charge in [0, 0.05) is 61.0 Å². The average molecular weight is 905 g/mol. The largest absolute Gasteiger partial charge is 0.310 e. The van der Waals surface area contributed by atoms with Crippen LogP contribution < -0.4 is 4.90 Å². The Bertz CT molecular complexity index is 4030. The molecule has 13 aromatic rings. The zero-order valence-corrected chi connectivity index (χ0v) is 38.7. The molecule has 0 radical (unpaired) electrons. The second-order valence-electron chi connectivity index (χ2n) is 18.0. The third-order valence-corrected chi connectivity index (χ3v) is 13.9. The van der Waals surface area contributed by atoms with Crippen molar-refractivity contribution < 1.29 is 0 Å². The maximum absolute atomic E-state index is 11.3. The summed E-state index contributed by atoms with van der Waals surface area (Å²) in [6.07, 6.45) is 0. The smallest absolute Gasteiger partial charge is 0.100 e. The first kappa shape index (κ1) is 41.5. The average Bonchev–Trinajstić information content (AvgIpc) is 3.96. The predicted molar refractivity (Wildman–Crippen MR) is 296 cm³/mol. The highest BCUT2D eigenvalue weighted by Gasteiger charge is 2.22. The molecule has 4 heteroatoms. The predicted octanol–water partition coefficient (Wildman–Crippen LogP) is 17.9. The quantitative estimate of drug-likeness (QED) is 0.145. The van der Waals surface area contributed by atoms with Crippen LogP contribution in [0.2, 0.25) is 0 Å². The summed E-state index contributed by atoms with van der Waals surface area (Å²) in [6.45, 7) is 0. The van der Waals surface area contributed by atoms with Gasteiger partial charge in [-0.1, -0.05) is 176 Å². The molecule has 0 fully saturated rings. The third kappa shape index (κ3) is 7.15. The van der Waals surface area contributed by atoms with E-state index in [0.717, 1.165) is 78.1 Å². The van der Waals surface area contributed by atoms with Gasteiger partial charge in [0.2, 0.25) is 0 Å². The van der Waals surface area contributed by atoms with Crippen molar-refractivity contribution >= 4 is 60.7 Å². The highest BCUT2D eigenvalue weighted by atomic mass is 15.1. The zero-order chi connectivity index (χ0) is 47.3. The molecule has 0 N–H and O–H groups in total. The number of benzene rings is 11. The fourth-order valence-electron chi connectivity index (χ4n) is 10.7. The fraction of sp³-hybridized carbons (Fsp3) is 0. The minimum Gasteiger partial charge on any atom is -0.310 e. The van der Waals surface area contributed by atoms with Gasteiger partial charge in [-0.25, -0.2) is 0 Å². The van der Waals surface area contributed by atoms with Crippen LogP contribution in [0, 0.1) is 11.3 Å². The van der Waals surface area contributed by atoms with Crippen molar-refractivity contribution in [1.82, 2.24) is 9.13 Å². The molecular formula is C67H44N4. The number of fused-ring (bicyclic) bond motifs is 6. The molecule has 0 bridgehead atoms. The molecule has 332 valence electrons. The van der Waals surface area contributed by atoms with Crippen molar-refractivity contribution in [3.8, 4) is 62.0 Å². The number of para-hydroxylation sites is 4. The number of nitriles is 1. The molecule has 4 nitrogen and oxygen atoms in total. The molecule has 0 spiro atoms. The monoisotopic (exact) mass is 904 g/mol. The molecule has 0 amide bonds. The second-order valence-corrected chi connectivity index (χ2v) is 18.0. The van der Waals surface area contributed by atoms with E-state index in [1.54, 1.807) is 0 Å². The topological polar surface area (TPSA) is 36.9 Å². The summed E-state index contributed by atoms with van der Waals surface area (Å²) in [5.41, 5.74) is 18.8. The van der Waals surface area contributed by atoms with Gasteiger partial charge >= 0.3 is 0 Å². The van der Waals surface area contributed by atoms with Crippen LogP contribution in [0.25, 0.3) is 99.5 Å². The van der Waals surface area contributed by atoms with Crippen molar-refractivity contribution in [2.45, 2.75) is 0 Å². The van der Waals surface area contributed by atoms with Crippen LogP contribution in [0.1, 0.15) is 5.56 Å². The van der Waals surface area contributed by atoms with Crippen LogP contribution in [0.3, 0.4) is 0 Å². The number of anilines is 3. The Labute approximate surface area is 412 Å². The van der Waals surface area contributed by atoms with E-state index in [1.165, 1.54) is 38.4 Å². The first-order valence-corrected chi connectivity index (χ1v) is 24.1. The molecule has 0 aliphatic heterocycles. The number of nitrogens with zero attached hydrogens (tertiary/aromatic N) is 4. The van der Waals surface area contributed by atoms with E-state index >= 15 is 0 Å². The SMILES string of the molecule is N#Cc1c(-c2cccc(-n3c4ccccc4c4cc(N(c5ccccc5)c5ccccc5)ccc43)c2)cccc1-c1ccccc1-n1c2ccc(-c3ccccc3)cc2c2cc(-c3ccccc3)ccc21. The highest BCUT2D eigenvalue weighted by molar-refractivity contribution is 6.13. The van der Waals surface area contributed by atoms with Gasteiger partial charge in [0.25, 0.3) is 0 Å². The maximum Gasteiger partial charge on any atom is 0.100 e. The van der Waals surface area contributed by atoms with Gasteiger partial charge in [-0.05, 0) is 119 Å². The molecule has 0 aliphatic rings. The standard InChI is InChI=1S/C67H44N4/c68-45-62-55(50-23-17-28-53(41-50)70-63-33-15-14-30-58(63)61-44-54(37-40-65(61)70)69(51-24-9-3-10-25-51)52-26-11-4-12-27-52)31-18-32-56(62)57-29-13-16-34-64(57)71-66-38-35-48(46-19-5-1-6-20-46)42-59(66)60-43-49(36-39-67(60)71)47-21-7-2-8-22-47/h1-44H. The van der Waals surface area contributed by atoms with Gasteiger partial charge in [0.1, 0.15) is 6.07 Å². The van der Waals surface area contributed by atoms with E-state index < -0.39 is 0 Å². The third-order valence-electron chi connectivity index (χ3n) is 13.9. The van der Waals surface area contributed by atoms with Gasteiger partial charge in [-0.3, -0.25) is 0 Å².